The van der Waals surface area contributed by atoms with Gasteiger partial charge in [-0.2, -0.15) is 0 Å². The summed E-state index contributed by atoms with van der Waals surface area (Å²) in [5.74, 6) is 2.12. The summed E-state index contributed by atoms with van der Waals surface area (Å²) in [7, 11) is 1.62. The molecule has 0 bridgehead atoms. The molecule has 2 amide bonds. The lowest BCUT2D eigenvalue weighted by Gasteiger charge is -2.31. The van der Waals surface area contributed by atoms with Gasteiger partial charge in [0.25, 0.3) is 11.8 Å². The molecule has 3 heterocycles. The van der Waals surface area contributed by atoms with Crippen LogP contribution in [0.5, 0.6) is 5.75 Å². The minimum absolute atomic E-state index is 0.0254. The maximum Gasteiger partial charge on any atom is 0.276 e. The number of nitrogens with zero attached hydrogens (tertiary/aromatic N) is 3. The van der Waals surface area contributed by atoms with E-state index < -0.39 is 0 Å². The first-order chi connectivity index (χ1) is 14.5. The highest BCUT2D eigenvalue weighted by molar-refractivity contribution is 5.96. The van der Waals surface area contributed by atoms with E-state index in [0.29, 0.717) is 36.0 Å². The Hall–Kier alpha value is -2.83. The number of oxazole rings is 1. The number of methoxy groups -OCH3 is 1. The molecule has 4 rings (SSSR count). The largest absolute Gasteiger partial charge is 0.497 e. The number of hydrogen-bond donors (Lipinski definition) is 0. The lowest BCUT2D eigenvalue weighted by molar-refractivity contribution is 0.0705. The van der Waals surface area contributed by atoms with Gasteiger partial charge in [0.15, 0.2) is 11.6 Å². The molecule has 0 saturated carbocycles. The summed E-state index contributed by atoms with van der Waals surface area (Å²) in [6.07, 6.45) is 3.65. The van der Waals surface area contributed by atoms with Gasteiger partial charge in [-0.15, -0.1) is 0 Å². The summed E-state index contributed by atoms with van der Waals surface area (Å²) in [5.41, 5.74) is 2.06. The van der Waals surface area contributed by atoms with Crippen molar-refractivity contribution in [2.75, 3.05) is 33.3 Å². The molecular weight excluding hydrogens is 382 g/mol. The summed E-state index contributed by atoms with van der Waals surface area (Å²) in [4.78, 5) is 33.9. The highest BCUT2D eigenvalue weighted by atomic mass is 16.5. The van der Waals surface area contributed by atoms with Crippen molar-refractivity contribution in [1.82, 2.24) is 14.8 Å². The monoisotopic (exact) mass is 411 g/mol. The highest BCUT2D eigenvalue weighted by Crippen LogP contribution is 2.30. The number of ether oxygens (including phenoxy) is 1. The van der Waals surface area contributed by atoms with Crippen molar-refractivity contribution in [3.05, 3.63) is 46.7 Å². The zero-order valence-corrected chi connectivity index (χ0v) is 17.9. The van der Waals surface area contributed by atoms with E-state index in [1.54, 1.807) is 7.11 Å². The Bertz CT molecular complexity index is 938. The number of rotatable bonds is 4. The molecule has 0 atom stereocenters. The number of carbonyl (C=O) groups excluding carboxylic acids is 2. The fraction of sp³-hybridized carbons (Fsp3) is 0.522. The van der Waals surface area contributed by atoms with Crippen LogP contribution in [0.1, 0.15) is 69.7 Å². The Balaban J connectivity index is 1.40. The highest BCUT2D eigenvalue weighted by Gasteiger charge is 2.31. The van der Waals surface area contributed by atoms with Crippen LogP contribution >= 0.6 is 0 Å². The van der Waals surface area contributed by atoms with Crippen LogP contribution in [0.15, 0.2) is 22.6 Å². The summed E-state index contributed by atoms with van der Waals surface area (Å²) < 4.78 is 11.1. The van der Waals surface area contributed by atoms with Crippen LogP contribution in [-0.2, 0) is 0 Å². The van der Waals surface area contributed by atoms with Crippen molar-refractivity contribution >= 4 is 11.8 Å². The molecule has 2 fully saturated rings. The molecule has 160 valence electrons. The Morgan fingerprint density at radius 3 is 2.33 bits per heavy atom. The third-order valence-electron chi connectivity index (χ3n) is 6.20. The van der Waals surface area contributed by atoms with Crippen LogP contribution < -0.4 is 4.74 Å². The summed E-state index contributed by atoms with van der Waals surface area (Å²) in [6.45, 7) is 6.62. The van der Waals surface area contributed by atoms with Crippen LogP contribution in [0.3, 0.4) is 0 Å². The number of aryl methyl sites for hydroxylation is 2. The van der Waals surface area contributed by atoms with E-state index in [1.165, 1.54) is 0 Å². The van der Waals surface area contributed by atoms with Gasteiger partial charge in [0.2, 0.25) is 0 Å². The number of carbonyl (C=O) groups is 2. The van der Waals surface area contributed by atoms with E-state index in [2.05, 4.69) is 4.98 Å². The number of piperidine rings is 1. The molecule has 2 aliphatic rings. The molecule has 2 aliphatic heterocycles. The van der Waals surface area contributed by atoms with Crippen LogP contribution in [0.2, 0.25) is 0 Å². The van der Waals surface area contributed by atoms with Crippen molar-refractivity contribution in [3.63, 3.8) is 0 Å². The van der Waals surface area contributed by atoms with E-state index in [1.807, 2.05) is 41.8 Å². The van der Waals surface area contributed by atoms with Crippen molar-refractivity contribution in [3.8, 4) is 5.75 Å². The van der Waals surface area contributed by atoms with Gasteiger partial charge in [0.05, 0.1) is 7.11 Å². The predicted molar refractivity (Wildman–Crippen MR) is 112 cm³/mol. The number of aromatic nitrogens is 1. The van der Waals surface area contributed by atoms with Gasteiger partial charge in [-0.05, 0) is 63.3 Å². The Kier molecular flexibility index (Phi) is 5.79. The fourth-order valence-corrected chi connectivity index (χ4v) is 4.36. The average Bonchev–Trinajstić information content (AvgIpc) is 3.43. The summed E-state index contributed by atoms with van der Waals surface area (Å²) >= 11 is 0. The Labute approximate surface area is 177 Å². The maximum absolute atomic E-state index is 13.0. The quantitative estimate of drug-likeness (QED) is 0.769. The predicted octanol–water partition coefficient (Wildman–Crippen LogP) is 3.56. The summed E-state index contributed by atoms with van der Waals surface area (Å²) in [5, 5.41) is 0. The summed E-state index contributed by atoms with van der Waals surface area (Å²) in [6, 6.07) is 5.53. The number of hydrogen-bond acceptors (Lipinski definition) is 5. The van der Waals surface area contributed by atoms with Gasteiger partial charge in [0, 0.05) is 37.7 Å². The normalized spacial score (nSPS) is 17.4. The van der Waals surface area contributed by atoms with Gasteiger partial charge in [-0.1, -0.05) is 0 Å². The van der Waals surface area contributed by atoms with E-state index in [9.17, 15) is 9.59 Å². The molecule has 0 radical (unpaired) electrons. The topological polar surface area (TPSA) is 75.9 Å². The maximum atomic E-state index is 13.0. The first-order valence-electron chi connectivity index (χ1n) is 10.7. The number of amides is 2. The molecule has 0 N–H and O–H groups in total. The van der Waals surface area contributed by atoms with E-state index in [0.717, 1.165) is 50.1 Å². The smallest absolute Gasteiger partial charge is 0.276 e. The molecule has 0 spiro atoms. The third kappa shape index (κ3) is 3.93. The molecule has 30 heavy (non-hydrogen) atoms. The lowest BCUT2D eigenvalue weighted by Crippen LogP contribution is -2.38. The molecule has 0 aliphatic carbocycles. The van der Waals surface area contributed by atoms with Crippen LogP contribution in [-0.4, -0.2) is 59.9 Å². The first kappa shape index (κ1) is 20.4. The van der Waals surface area contributed by atoms with Crippen molar-refractivity contribution in [1.29, 1.82) is 0 Å². The second-order valence-electron chi connectivity index (χ2n) is 8.20. The lowest BCUT2D eigenvalue weighted by atomic mass is 9.95. The minimum atomic E-state index is -0.0254. The molecule has 2 saturated heterocycles. The second-order valence-corrected chi connectivity index (χ2v) is 8.20. The van der Waals surface area contributed by atoms with E-state index in [4.69, 9.17) is 9.15 Å². The third-order valence-corrected chi connectivity index (χ3v) is 6.20. The van der Waals surface area contributed by atoms with Crippen molar-refractivity contribution in [2.45, 2.75) is 45.4 Å². The van der Waals surface area contributed by atoms with Gasteiger partial charge < -0.3 is 19.0 Å². The average molecular weight is 412 g/mol. The molecular formula is C23H29N3O4. The van der Waals surface area contributed by atoms with Gasteiger partial charge in [-0.3, -0.25) is 9.59 Å². The molecule has 7 heteroatoms. The molecule has 1 aromatic heterocycles. The number of benzene rings is 1. The minimum Gasteiger partial charge on any atom is -0.497 e. The SMILES string of the molecule is COc1ccc(C(=O)N2CCC(c3nc(C(=O)N4CCCC4)c(C)o3)CC2)c(C)c1. The van der Waals surface area contributed by atoms with E-state index in [-0.39, 0.29) is 17.7 Å². The van der Waals surface area contributed by atoms with Crippen molar-refractivity contribution < 1.29 is 18.7 Å². The van der Waals surface area contributed by atoms with Crippen molar-refractivity contribution in [2.24, 2.45) is 0 Å². The Morgan fingerprint density at radius 1 is 1.03 bits per heavy atom. The Morgan fingerprint density at radius 2 is 1.70 bits per heavy atom. The molecule has 7 nitrogen and oxygen atoms in total. The zero-order chi connectivity index (χ0) is 21.3. The zero-order valence-electron chi connectivity index (χ0n) is 17.9. The molecule has 1 aromatic carbocycles. The fourth-order valence-electron chi connectivity index (χ4n) is 4.36. The second kappa shape index (κ2) is 8.50. The van der Waals surface area contributed by atoms with Crippen LogP contribution in [0.4, 0.5) is 0 Å². The molecule has 2 aromatic rings. The first-order valence-corrected chi connectivity index (χ1v) is 10.7. The van der Waals surface area contributed by atoms with Gasteiger partial charge in [-0.25, -0.2) is 4.98 Å². The van der Waals surface area contributed by atoms with Gasteiger partial charge in [0.1, 0.15) is 11.5 Å². The van der Waals surface area contributed by atoms with E-state index >= 15 is 0 Å². The van der Waals surface area contributed by atoms with Gasteiger partial charge >= 0.3 is 0 Å². The number of likely N-dealkylation sites (tertiary alicyclic amines) is 2. The van der Waals surface area contributed by atoms with Crippen LogP contribution in [0.25, 0.3) is 0 Å². The van der Waals surface area contributed by atoms with Crippen LogP contribution in [0, 0.1) is 13.8 Å². The molecule has 0 unspecified atom stereocenters. The standard InChI is InChI=1S/C23H29N3O4/c1-15-14-18(29-3)6-7-19(15)22(27)26-12-8-17(9-13-26)21-24-20(16(2)30-21)23(28)25-10-4-5-11-25/h6-7,14,17H,4-5,8-13H2,1-3H3.